The first kappa shape index (κ1) is 90.1. The molecule has 0 saturated heterocycles. The van der Waals surface area contributed by atoms with E-state index in [0.29, 0.717) is 31.6 Å². The maximum atomic E-state index is 13.1. The zero-order valence-corrected chi connectivity index (χ0v) is 61.6. The van der Waals surface area contributed by atoms with E-state index in [-0.39, 0.29) is 25.7 Å². The number of rotatable bonds is 72. The Kier molecular flexibility index (Phi) is 63.7. The minimum atomic E-state index is -4.95. The van der Waals surface area contributed by atoms with Crippen molar-refractivity contribution in [2.24, 2.45) is 11.8 Å². The van der Waals surface area contributed by atoms with Crippen LogP contribution in [-0.4, -0.2) is 96.7 Å². The molecule has 0 fully saturated rings. The number of phosphoric acid groups is 2. The number of aliphatic hydroxyl groups excluding tert-OH is 1. The van der Waals surface area contributed by atoms with Crippen LogP contribution in [0, 0.1) is 11.8 Å². The normalized spacial score (nSPS) is 14.1. The molecule has 0 bridgehead atoms. The first-order chi connectivity index (χ1) is 44.4. The van der Waals surface area contributed by atoms with E-state index in [1.165, 1.54) is 186 Å². The van der Waals surface area contributed by atoms with Crippen molar-refractivity contribution in [1.29, 1.82) is 0 Å². The van der Waals surface area contributed by atoms with Gasteiger partial charge in [-0.1, -0.05) is 324 Å². The van der Waals surface area contributed by atoms with Crippen LogP contribution in [0.5, 0.6) is 0 Å². The van der Waals surface area contributed by atoms with E-state index < -0.39 is 97.5 Å². The Bertz CT molecular complexity index is 1790. The molecule has 0 saturated carbocycles. The second-order valence-corrected chi connectivity index (χ2v) is 30.2. The number of carbonyl (C=O) groups excluding carboxylic acids is 4. The molecule has 0 aromatic heterocycles. The lowest BCUT2D eigenvalue weighted by molar-refractivity contribution is -0.161. The smallest absolute Gasteiger partial charge is 0.462 e. The van der Waals surface area contributed by atoms with Gasteiger partial charge < -0.3 is 33.8 Å². The van der Waals surface area contributed by atoms with E-state index in [9.17, 15) is 43.2 Å². The van der Waals surface area contributed by atoms with Gasteiger partial charge in [0.05, 0.1) is 26.4 Å². The van der Waals surface area contributed by atoms with Gasteiger partial charge in [0, 0.05) is 25.7 Å². The van der Waals surface area contributed by atoms with Gasteiger partial charge >= 0.3 is 39.5 Å². The summed E-state index contributed by atoms with van der Waals surface area (Å²) in [4.78, 5) is 72.3. The van der Waals surface area contributed by atoms with Crippen LogP contribution in [-0.2, 0) is 65.4 Å². The summed E-state index contributed by atoms with van der Waals surface area (Å²) >= 11 is 0. The Balaban J connectivity index is 5.11. The fourth-order valence-corrected chi connectivity index (χ4v) is 12.7. The standard InChI is InChI=1S/C73H142O17P2/c1-7-9-11-13-14-15-16-17-18-19-20-21-22-23-24-29-32-35-38-45-51-57-72(77)89-69(62-84-71(76)56-50-44-37-34-31-28-26-25-27-30-33-36-42-47-53-65(3)4)64-88-92(81,82)86-60-67(74)59-85-91(79,80)87-63-68(61-83-70(75)55-49-41-12-10-8-2)90-73(78)58-52-46-40-39-43-48-54-66(5)6/h65-69,74H,7-64H2,1-6H3,(H,79,80)(H,81,82)/t67-,68+,69+/m0/s1. The highest BCUT2D eigenvalue weighted by Crippen LogP contribution is 2.45. The summed E-state index contributed by atoms with van der Waals surface area (Å²) < 4.78 is 68.1. The lowest BCUT2D eigenvalue weighted by atomic mass is 10.0. The second-order valence-electron chi connectivity index (χ2n) is 27.3. The maximum Gasteiger partial charge on any atom is 0.472 e. The first-order valence-corrected chi connectivity index (χ1v) is 41.0. The lowest BCUT2D eigenvalue weighted by Crippen LogP contribution is -2.30. The van der Waals surface area contributed by atoms with Crippen molar-refractivity contribution in [3.63, 3.8) is 0 Å². The van der Waals surface area contributed by atoms with Gasteiger partial charge in [-0.05, 0) is 37.5 Å². The summed E-state index contributed by atoms with van der Waals surface area (Å²) in [6, 6.07) is 0. The number of ether oxygens (including phenoxy) is 4. The van der Waals surface area contributed by atoms with Crippen molar-refractivity contribution in [2.75, 3.05) is 39.6 Å². The van der Waals surface area contributed by atoms with Crippen molar-refractivity contribution in [3.8, 4) is 0 Å². The molecule has 3 N–H and O–H groups in total. The molecule has 0 aliphatic heterocycles. The molecular weight excluding hydrogens is 1210 g/mol. The quantitative estimate of drug-likeness (QED) is 0.0222. The SMILES string of the molecule is CCCCCCCCCCCCCCCCCCCCCCCC(=O)O[C@H](COC(=O)CCCCCCCCCCCCCCCCC(C)C)COP(=O)(O)OC[C@@H](O)COP(=O)(O)OC[C@@H](COC(=O)CCCCCCC)OC(=O)CCCCCCCCC(C)C. The molecule has 0 rings (SSSR count). The monoisotopic (exact) mass is 1350 g/mol. The number of esters is 4. The van der Waals surface area contributed by atoms with Crippen molar-refractivity contribution >= 4 is 39.5 Å². The summed E-state index contributed by atoms with van der Waals surface area (Å²) in [5.74, 6) is -0.668. The predicted octanol–water partition coefficient (Wildman–Crippen LogP) is 21.2. The number of aliphatic hydroxyl groups is 1. The highest BCUT2D eigenvalue weighted by atomic mass is 31.2. The zero-order valence-electron chi connectivity index (χ0n) is 59.9. The molecule has 0 radical (unpaired) electrons. The third kappa shape index (κ3) is 66.7. The molecular formula is C73H142O17P2. The van der Waals surface area contributed by atoms with Gasteiger partial charge in [0.15, 0.2) is 12.2 Å². The Morgan fingerprint density at radius 1 is 0.293 bits per heavy atom. The molecule has 546 valence electrons. The van der Waals surface area contributed by atoms with Crippen molar-refractivity contribution < 1.29 is 80.2 Å². The minimum absolute atomic E-state index is 0.101. The highest BCUT2D eigenvalue weighted by molar-refractivity contribution is 7.47. The van der Waals surface area contributed by atoms with Crippen molar-refractivity contribution in [1.82, 2.24) is 0 Å². The van der Waals surface area contributed by atoms with Gasteiger partial charge in [-0.2, -0.15) is 0 Å². The highest BCUT2D eigenvalue weighted by Gasteiger charge is 2.30. The molecule has 0 aromatic carbocycles. The molecule has 92 heavy (non-hydrogen) atoms. The van der Waals surface area contributed by atoms with Gasteiger partial charge in [-0.25, -0.2) is 9.13 Å². The molecule has 17 nitrogen and oxygen atoms in total. The fraction of sp³-hybridized carbons (Fsp3) is 0.945. The molecule has 0 heterocycles. The van der Waals surface area contributed by atoms with Gasteiger partial charge in [0.2, 0.25) is 0 Å². The molecule has 5 atom stereocenters. The molecule has 19 heteroatoms. The number of unbranched alkanes of at least 4 members (excludes halogenated alkanes) is 42. The van der Waals surface area contributed by atoms with Gasteiger partial charge in [0.25, 0.3) is 0 Å². The molecule has 0 amide bonds. The van der Waals surface area contributed by atoms with E-state index >= 15 is 0 Å². The van der Waals surface area contributed by atoms with E-state index in [2.05, 4.69) is 41.5 Å². The summed E-state index contributed by atoms with van der Waals surface area (Å²) in [7, 11) is -9.89. The predicted molar refractivity (Wildman–Crippen MR) is 372 cm³/mol. The maximum absolute atomic E-state index is 13.1. The van der Waals surface area contributed by atoms with Crippen LogP contribution >= 0.6 is 15.6 Å². The van der Waals surface area contributed by atoms with Crippen LogP contribution in [0.4, 0.5) is 0 Å². The summed E-state index contributed by atoms with van der Waals surface area (Å²) in [5.41, 5.74) is 0. The summed E-state index contributed by atoms with van der Waals surface area (Å²) in [5, 5.41) is 10.6. The Morgan fingerprint density at radius 3 is 0.739 bits per heavy atom. The average Bonchev–Trinajstić information content (AvgIpc) is 1.60. The van der Waals surface area contributed by atoms with Crippen LogP contribution in [0.25, 0.3) is 0 Å². The number of carbonyl (C=O) groups is 4. The van der Waals surface area contributed by atoms with Crippen LogP contribution < -0.4 is 0 Å². The third-order valence-electron chi connectivity index (χ3n) is 17.0. The van der Waals surface area contributed by atoms with Crippen LogP contribution in [0.3, 0.4) is 0 Å². The number of hydrogen-bond acceptors (Lipinski definition) is 15. The molecule has 0 aliphatic rings. The summed E-state index contributed by atoms with van der Waals surface area (Å²) in [6.45, 7) is 9.40. The van der Waals surface area contributed by atoms with Gasteiger partial charge in [-0.3, -0.25) is 37.3 Å². The molecule has 0 aromatic rings. The molecule has 0 spiro atoms. The summed E-state index contributed by atoms with van der Waals surface area (Å²) in [6.07, 6.45) is 52.2. The van der Waals surface area contributed by atoms with E-state index in [1.54, 1.807) is 0 Å². The lowest BCUT2D eigenvalue weighted by Gasteiger charge is -2.21. The fourth-order valence-electron chi connectivity index (χ4n) is 11.1. The average molecular weight is 1350 g/mol. The second kappa shape index (κ2) is 65.0. The van der Waals surface area contributed by atoms with Crippen molar-refractivity contribution in [2.45, 2.75) is 394 Å². The van der Waals surface area contributed by atoms with Crippen LogP contribution in [0.2, 0.25) is 0 Å². The zero-order chi connectivity index (χ0) is 67.9. The molecule has 2 unspecified atom stereocenters. The van der Waals surface area contributed by atoms with Crippen LogP contribution in [0.1, 0.15) is 375 Å². The Labute approximate surface area is 562 Å². The van der Waals surface area contributed by atoms with E-state index in [0.717, 1.165) is 102 Å². The van der Waals surface area contributed by atoms with Crippen molar-refractivity contribution in [3.05, 3.63) is 0 Å². The van der Waals surface area contributed by atoms with Crippen LogP contribution in [0.15, 0.2) is 0 Å². The molecule has 0 aliphatic carbocycles. The minimum Gasteiger partial charge on any atom is -0.462 e. The topological polar surface area (TPSA) is 237 Å². The number of phosphoric ester groups is 2. The van der Waals surface area contributed by atoms with Gasteiger partial charge in [-0.15, -0.1) is 0 Å². The third-order valence-corrected chi connectivity index (χ3v) is 18.9. The number of hydrogen-bond donors (Lipinski definition) is 3. The Morgan fingerprint density at radius 2 is 0.500 bits per heavy atom. The first-order valence-electron chi connectivity index (χ1n) is 38.0. The largest absolute Gasteiger partial charge is 0.472 e. The van der Waals surface area contributed by atoms with E-state index in [1.807, 2.05) is 0 Å². The van der Waals surface area contributed by atoms with Gasteiger partial charge in [0.1, 0.15) is 19.3 Å². The Hall–Kier alpha value is -1.94. The van der Waals surface area contributed by atoms with E-state index in [4.69, 9.17) is 37.0 Å².